The lowest BCUT2D eigenvalue weighted by Gasteiger charge is -2.19. The van der Waals surface area contributed by atoms with Crippen LogP contribution in [0, 0.1) is 10.8 Å². The molecule has 0 heterocycles. The Labute approximate surface area is 130 Å². The zero-order valence-corrected chi connectivity index (χ0v) is 14.4. The fourth-order valence-electron chi connectivity index (χ4n) is 1.98. The number of benzene rings is 1. The molecule has 0 spiro atoms. The van der Waals surface area contributed by atoms with Crippen LogP contribution in [0.1, 0.15) is 53.5 Å². The van der Waals surface area contributed by atoms with Gasteiger partial charge in [0.05, 0.1) is 5.69 Å². The normalized spacial score (nSPS) is 13.7. The van der Waals surface area contributed by atoms with Gasteiger partial charge in [0, 0.05) is 11.8 Å². The highest BCUT2D eigenvalue weighted by atomic mass is 14.7. The number of para-hydroxylation sites is 1. The summed E-state index contributed by atoms with van der Waals surface area (Å²) in [4.78, 5) is 4.66. The van der Waals surface area contributed by atoms with Crippen molar-refractivity contribution in [2.75, 3.05) is 0 Å². The second-order valence-corrected chi connectivity index (χ2v) is 7.84. The topological polar surface area (TPSA) is 12.4 Å². The van der Waals surface area contributed by atoms with E-state index in [0.717, 1.165) is 17.7 Å². The summed E-state index contributed by atoms with van der Waals surface area (Å²) in [7, 11) is 0. The van der Waals surface area contributed by atoms with Crippen LogP contribution in [0.4, 0.5) is 5.69 Å². The average molecular weight is 283 g/mol. The number of aliphatic imine (C=N–C) groups is 1. The molecule has 0 atom stereocenters. The molecule has 1 rings (SSSR count). The van der Waals surface area contributed by atoms with Crippen LogP contribution < -0.4 is 0 Å². The molecule has 0 fully saturated rings. The highest BCUT2D eigenvalue weighted by Crippen LogP contribution is 2.29. The van der Waals surface area contributed by atoms with Gasteiger partial charge in [-0.05, 0) is 35.0 Å². The molecule has 1 nitrogen and oxygen atoms in total. The van der Waals surface area contributed by atoms with Gasteiger partial charge >= 0.3 is 0 Å². The van der Waals surface area contributed by atoms with Crippen molar-refractivity contribution in [1.29, 1.82) is 0 Å². The van der Waals surface area contributed by atoms with Gasteiger partial charge in [-0.1, -0.05) is 72.4 Å². The van der Waals surface area contributed by atoms with Crippen LogP contribution in [0.15, 0.2) is 47.5 Å². The zero-order valence-electron chi connectivity index (χ0n) is 14.4. The van der Waals surface area contributed by atoms with Gasteiger partial charge in [0.1, 0.15) is 0 Å². The number of hydrogen-bond donors (Lipinski definition) is 0. The highest BCUT2D eigenvalue weighted by molar-refractivity contribution is 5.74. The summed E-state index contributed by atoms with van der Waals surface area (Å²) in [6.07, 6.45) is 7.17. The molecule has 21 heavy (non-hydrogen) atoms. The lowest BCUT2D eigenvalue weighted by atomic mass is 9.87. The largest absolute Gasteiger partial charge is 0.260 e. The molecule has 1 aromatic rings. The second-order valence-electron chi connectivity index (χ2n) is 7.84. The van der Waals surface area contributed by atoms with Gasteiger partial charge in [0.15, 0.2) is 0 Å². The molecule has 0 saturated heterocycles. The maximum Gasteiger partial charge on any atom is 0.0698 e. The van der Waals surface area contributed by atoms with Gasteiger partial charge in [0.2, 0.25) is 0 Å². The molecule has 0 saturated carbocycles. The van der Waals surface area contributed by atoms with Crippen molar-refractivity contribution in [2.24, 2.45) is 15.8 Å². The Kier molecular flexibility index (Phi) is 5.71. The smallest absolute Gasteiger partial charge is 0.0698 e. The molecule has 114 valence electrons. The first-order valence-electron chi connectivity index (χ1n) is 7.58. The van der Waals surface area contributed by atoms with Crippen molar-refractivity contribution in [3.63, 3.8) is 0 Å². The minimum atomic E-state index is 0.0868. The van der Waals surface area contributed by atoms with E-state index in [2.05, 4.69) is 77.4 Å². The van der Waals surface area contributed by atoms with Crippen LogP contribution in [0.3, 0.4) is 0 Å². The monoisotopic (exact) mass is 283 g/mol. The van der Waals surface area contributed by atoms with E-state index in [-0.39, 0.29) is 10.8 Å². The van der Waals surface area contributed by atoms with Crippen molar-refractivity contribution in [3.8, 4) is 0 Å². The predicted octanol–water partition coefficient (Wildman–Crippen LogP) is 6.44. The molecule has 0 aromatic heterocycles. The third-order valence-electron chi connectivity index (χ3n) is 2.87. The highest BCUT2D eigenvalue weighted by Gasteiger charge is 2.12. The molecule has 0 radical (unpaired) electrons. The van der Waals surface area contributed by atoms with Crippen LogP contribution in [0.2, 0.25) is 0 Å². The summed E-state index contributed by atoms with van der Waals surface area (Å²) in [6.45, 7) is 17.2. The third kappa shape index (κ3) is 7.08. The van der Waals surface area contributed by atoms with Gasteiger partial charge in [0.25, 0.3) is 0 Å². The third-order valence-corrected chi connectivity index (χ3v) is 2.87. The Morgan fingerprint density at radius 2 is 1.71 bits per heavy atom. The molecular formula is C20H29N. The van der Waals surface area contributed by atoms with Crippen molar-refractivity contribution >= 4 is 18.0 Å². The van der Waals surface area contributed by atoms with Crippen molar-refractivity contribution in [3.05, 3.63) is 48.1 Å². The Morgan fingerprint density at radius 1 is 1.10 bits per heavy atom. The van der Waals surface area contributed by atoms with Crippen molar-refractivity contribution in [1.82, 2.24) is 0 Å². The van der Waals surface area contributed by atoms with Crippen LogP contribution in [0.25, 0.3) is 6.08 Å². The van der Waals surface area contributed by atoms with E-state index in [4.69, 9.17) is 0 Å². The standard InChI is InChI=1S/C20H29N/c1-8-16(14-19(2,3)4)13-17-11-9-10-12-18(17)21-15-20(5,6)7/h8-13,15H,1,14H2,2-7H3/b16-13+,21-15?. The van der Waals surface area contributed by atoms with Gasteiger partial charge in [-0.15, -0.1) is 0 Å². The summed E-state index contributed by atoms with van der Waals surface area (Å²) >= 11 is 0. The zero-order chi connectivity index (χ0) is 16.1. The molecule has 1 aromatic carbocycles. The van der Waals surface area contributed by atoms with E-state index in [9.17, 15) is 0 Å². The van der Waals surface area contributed by atoms with E-state index in [0.29, 0.717) is 0 Å². The molecule has 0 N–H and O–H groups in total. The molecule has 0 aliphatic heterocycles. The van der Waals surface area contributed by atoms with Crippen LogP contribution in [0.5, 0.6) is 0 Å². The Hall–Kier alpha value is -1.63. The quantitative estimate of drug-likeness (QED) is 0.445. The van der Waals surface area contributed by atoms with Gasteiger partial charge in [-0.3, -0.25) is 4.99 Å². The van der Waals surface area contributed by atoms with Crippen LogP contribution in [-0.2, 0) is 0 Å². The summed E-state index contributed by atoms with van der Waals surface area (Å²) in [6, 6.07) is 8.26. The van der Waals surface area contributed by atoms with Crippen molar-refractivity contribution < 1.29 is 0 Å². The minimum Gasteiger partial charge on any atom is -0.260 e. The minimum absolute atomic E-state index is 0.0868. The second kappa shape index (κ2) is 6.89. The molecule has 0 unspecified atom stereocenters. The maximum absolute atomic E-state index is 4.66. The summed E-state index contributed by atoms with van der Waals surface area (Å²) in [5, 5.41) is 0. The van der Waals surface area contributed by atoms with E-state index < -0.39 is 0 Å². The lowest BCUT2D eigenvalue weighted by molar-refractivity contribution is 0.414. The fourth-order valence-corrected chi connectivity index (χ4v) is 1.98. The number of rotatable bonds is 4. The molecule has 0 aliphatic carbocycles. The summed E-state index contributed by atoms with van der Waals surface area (Å²) in [5.41, 5.74) is 3.76. The first-order valence-corrected chi connectivity index (χ1v) is 7.58. The van der Waals surface area contributed by atoms with Crippen LogP contribution in [-0.4, -0.2) is 6.21 Å². The molecule has 0 aliphatic rings. The van der Waals surface area contributed by atoms with E-state index in [1.165, 1.54) is 5.57 Å². The SMILES string of the molecule is C=C/C(=C\c1ccccc1N=CC(C)(C)C)CC(C)(C)C. The number of nitrogens with zero attached hydrogens (tertiary/aromatic N) is 1. The maximum atomic E-state index is 4.66. The van der Waals surface area contributed by atoms with Crippen molar-refractivity contribution in [2.45, 2.75) is 48.0 Å². The number of hydrogen-bond acceptors (Lipinski definition) is 1. The predicted molar refractivity (Wildman–Crippen MR) is 96.3 cm³/mol. The van der Waals surface area contributed by atoms with E-state index >= 15 is 0 Å². The lowest BCUT2D eigenvalue weighted by Crippen LogP contribution is -2.05. The van der Waals surface area contributed by atoms with Crippen LogP contribution >= 0.6 is 0 Å². The average Bonchev–Trinajstić information content (AvgIpc) is 2.34. The Bertz CT molecular complexity index is 534. The number of allylic oxidation sites excluding steroid dienone is 2. The van der Waals surface area contributed by atoms with Gasteiger partial charge < -0.3 is 0 Å². The molecule has 0 amide bonds. The van der Waals surface area contributed by atoms with Gasteiger partial charge in [-0.25, -0.2) is 0 Å². The van der Waals surface area contributed by atoms with E-state index in [1.54, 1.807) is 0 Å². The van der Waals surface area contributed by atoms with Gasteiger partial charge in [-0.2, -0.15) is 0 Å². The molecule has 0 bridgehead atoms. The summed E-state index contributed by atoms with van der Waals surface area (Å²) < 4.78 is 0. The van der Waals surface area contributed by atoms with E-state index in [1.807, 2.05) is 18.4 Å². The fraction of sp³-hybridized carbons (Fsp3) is 0.450. The Morgan fingerprint density at radius 3 is 2.24 bits per heavy atom. The molecular weight excluding hydrogens is 254 g/mol. The Balaban J connectivity index is 3.13. The summed E-state index contributed by atoms with van der Waals surface area (Å²) in [5.74, 6) is 0. The first kappa shape index (κ1) is 17.4. The molecule has 1 heteroatoms. The first-order chi connectivity index (χ1) is 9.61.